The predicted octanol–water partition coefficient (Wildman–Crippen LogP) is 2.36. The molecular formula is C18H19N5O. The topological polar surface area (TPSA) is 54.4 Å². The molecule has 0 aliphatic carbocycles. The Morgan fingerprint density at radius 2 is 1.67 bits per heavy atom. The molecule has 4 rings (SSSR count). The first kappa shape index (κ1) is 14.7. The normalized spacial score (nSPS) is 14.9. The molecule has 6 nitrogen and oxygen atoms in total. The highest BCUT2D eigenvalue weighted by molar-refractivity contribution is 5.97. The van der Waals surface area contributed by atoms with Crippen LogP contribution in [0.25, 0.3) is 10.8 Å². The van der Waals surface area contributed by atoms with Gasteiger partial charge in [0.1, 0.15) is 5.75 Å². The van der Waals surface area contributed by atoms with E-state index in [0.717, 1.165) is 49.0 Å². The van der Waals surface area contributed by atoms with Crippen LogP contribution in [0.4, 0.5) is 11.6 Å². The molecule has 122 valence electrons. The number of fused-ring (bicyclic) bond motifs is 1. The number of hydrogen-bond donors (Lipinski definition) is 0. The van der Waals surface area contributed by atoms with E-state index in [4.69, 9.17) is 4.74 Å². The Bertz CT molecular complexity index is 831. The van der Waals surface area contributed by atoms with Gasteiger partial charge in [0.2, 0.25) is 5.95 Å². The van der Waals surface area contributed by atoms with Gasteiger partial charge in [-0.3, -0.25) is 4.98 Å². The summed E-state index contributed by atoms with van der Waals surface area (Å²) < 4.78 is 5.62. The van der Waals surface area contributed by atoms with Gasteiger partial charge >= 0.3 is 0 Å². The standard InChI is InChI=1S/C18H19N5O/c1-24-16-4-3-14-13-19-8-5-15(14)17(16)22-9-11-23(12-10-22)18-20-6-2-7-21-18/h2-8,13H,9-12H2,1H3. The molecule has 0 atom stereocenters. The molecule has 0 spiro atoms. The van der Waals surface area contributed by atoms with Gasteiger partial charge in [0.05, 0.1) is 12.8 Å². The molecule has 24 heavy (non-hydrogen) atoms. The van der Waals surface area contributed by atoms with Gasteiger partial charge in [0, 0.05) is 61.7 Å². The number of benzene rings is 1. The summed E-state index contributed by atoms with van der Waals surface area (Å²) in [6.07, 6.45) is 7.30. The van der Waals surface area contributed by atoms with Crippen LogP contribution in [0.1, 0.15) is 0 Å². The molecular weight excluding hydrogens is 302 g/mol. The number of hydrogen-bond acceptors (Lipinski definition) is 6. The van der Waals surface area contributed by atoms with Crippen molar-refractivity contribution >= 4 is 22.4 Å². The number of methoxy groups -OCH3 is 1. The lowest BCUT2D eigenvalue weighted by Crippen LogP contribution is -2.47. The second kappa shape index (κ2) is 6.31. The van der Waals surface area contributed by atoms with Crippen LogP contribution in [0.15, 0.2) is 49.1 Å². The molecule has 0 bridgehead atoms. The van der Waals surface area contributed by atoms with Crippen molar-refractivity contribution in [2.75, 3.05) is 43.1 Å². The summed E-state index contributed by atoms with van der Waals surface area (Å²) >= 11 is 0. The van der Waals surface area contributed by atoms with Gasteiger partial charge in [0.15, 0.2) is 0 Å². The largest absolute Gasteiger partial charge is 0.495 e. The van der Waals surface area contributed by atoms with Crippen LogP contribution in [-0.2, 0) is 0 Å². The molecule has 1 saturated heterocycles. The van der Waals surface area contributed by atoms with Crippen LogP contribution in [0.2, 0.25) is 0 Å². The molecule has 3 aromatic rings. The molecule has 3 heterocycles. The van der Waals surface area contributed by atoms with Crippen molar-refractivity contribution in [2.24, 2.45) is 0 Å². The van der Waals surface area contributed by atoms with Crippen molar-refractivity contribution in [2.45, 2.75) is 0 Å². The number of rotatable bonds is 3. The van der Waals surface area contributed by atoms with E-state index in [2.05, 4.69) is 36.9 Å². The Morgan fingerprint density at radius 1 is 0.917 bits per heavy atom. The van der Waals surface area contributed by atoms with Gasteiger partial charge in [-0.25, -0.2) is 9.97 Å². The smallest absolute Gasteiger partial charge is 0.225 e. The van der Waals surface area contributed by atoms with Gasteiger partial charge < -0.3 is 14.5 Å². The van der Waals surface area contributed by atoms with Gasteiger partial charge in [0.25, 0.3) is 0 Å². The third-order valence-electron chi connectivity index (χ3n) is 4.41. The molecule has 1 aliphatic rings. The van der Waals surface area contributed by atoms with Crippen LogP contribution in [0, 0.1) is 0 Å². The fraction of sp³-hybridized carbons (Fsp3) is 0.278. The lowest BCUT2D eigenvalue weighted by atomic mass is 10.1. The minimum atomic E-state index is 0.797. The Labute approximate surface area is 140 Å². The highest BCUT2D eigenvalue weighted by Gasteiger charge is 2.22. The quantitative estimate of drug-likeness (QED) is 0.738. The van der Waals surface area contributed by atoms with E-state index in [0.29, 0.717) is 0 Å². The molecule has 2 aromatic heterocycles. The molecule has 1 fully saturated rings. The Kier molecular flexibility index (Phi) is 3.86. The van der Waals surface area contributed by atoms with E-state index < -0.39 is 0 Å². The Hall–Kier alpha value is -2.89. The predicted molar refractivity (Wildman–Crippen MR) is 94.8 cm³/mol. The van der Waals surface area contributed by atoms with Crippen LogP contribution >= 0.6 is 0 Å². The molecule has 1 aromatic carbocycles. The van der Waals surface area contributed by atoms with Crippen LogP contribution in [0.3, 0.4) is 0 Å². The highest BCUT2D eigenvalue weighted by atomic mass is 16.5. The van der Waals surface area contributed by atoms with Crippen molar-refractivity contribution in [3.63, 3.8) is 0 Å². The van der Waals surface area contributed by atoms with E-state index in [9.17, 15) is 0 Å². The first-order chi connectivity index (χ1) is 11.9. The van der Waals surface area contributed by atoms with Crippen molar-refractivity contribution in [1.29, 1.82) is 0 Å². The average molecular weight is 321 g/mol. The third-order valence-corrected chi connectivity index (χ3v) is 4.41. The zero-order valence-corrected chi connectivity index (χ0v) is 13.6. The zero-order valence-electron chi connectivity index (χ0n) is 13.6. The Morgan fingerprint density at radius 3 is 2.42 bits per heavy atom. The summed E-state index contributed by atoms with van der Waals surface area (Å²) in [6, 6.07) is 7.97. The summed E-state index contributed by atoms with van der Waals surface area (Å²) in [5, 5.41) is 2.30. The molecule has 0 radical (unpaired) electrons. The summed E-state index contributed by atoms with van der Waals surface area (Å²) in [4.78, 5) is 17.5. The summed E-state index contributed by atoms with van der Waals surface area (Å²) in [5.41, 5.74) is 1.14. The Balaban J connectivity index is 1.63. The lowest BCUT2D eigenvalue weighted by Gasteiger charge is -2.37. The first-order valence-electron chi connectivity index (χ1n) is 8.04. The van der Waals surface area contributed by atoms with Crippen molar-refractivity contribution in [3.8, 4) is 5.75 Å². The number of aromatic nitrogens is 3. The summed E-state index contributed by atoms with van der Waals surface area (Å²) in [6.45, 7) is 3.56. The molecule has 0 amide bonds. The maximum Gasteiger partial charge on any atom is 0.225 e. The maximum absolute atomic E-state index is 5.62. The second-order valence-corrected chi connectivity index (χ2v) is 5.74. The molecule has 6 heteroatoms. The van der Waals surface area contributed by atoms with Crippen molar-refractivity contribution in [1.82, 2.24) is 15.0 Å². The highest BCUT2D eigenvalue weighted by Crippen LogP contribution is 2.36. The number of anilines is 2. The van der Waals surface area contributed by atoms with E-state index in [-0.39, 0.29) is 0 Å². The minimum Gasteiger partial charge on any atom is -0.495 e. The van der Waals surface area contributed by atoms with Gasteiger partial charge in [-0.15, -0.1) is 0 Å². The second-order valence-electron chi connectivity index (χ2n) is 5.74. The monoisotopic (exact) mass is 321 g/mol. The van der Waals surface area contributed by atoms with Gasteiger partial charge in [-0.1, -0.05) is 0 Å². The van der Waals surface area contributed by atoms with E-state index in [1.165, 1.54) is 5.39 Å². The number of piperazine rings is 1. The van der Waals surface area contributed by atoms with Crippen molar-refractivity contribution in [3.05, 3.63) is 49.1 Å². The SMILES string of the molecule is COc1ccc2cnccc2c1N1CCN(c2ncccn2)CC1. The van der Waals surface area contributed by atoms with E-state index >= 15 is 0 Å². The van der Waals surface area contributed by atoms with Crippen LogP contribution in [-0.4, -0.2) is 48.2 Å². The fourth-order valence-corrected chi connectivity index (χ4v) is 3.21. The molecule has 1 aliphatic heterocycles. The lowest BCUT2D eigenvalue weighted by molar-refractivity contribution is 0.414. The minimum absolute atomic E-state index is 0.797. The van der Waals surface area contributed by atoms with Crippen LogP contribution < -0.4 is 14.5 Å². The number of nitrogens with zero attached hydrogens (tertiary/aromatic N) is 5. The number of ether oxygens (including phenoxy) is 1. The van der Waals surface area contributed by atoms with Gasteiger partial charge in [-0.2, -0.15) is 0 Å². The summed E-state index contributed by atoms with van der Waals surface area (Å²) in [5.74, 6) is 1.70. The molecule has 0 unspecified atom stereocenters. The number of pyridine rings is 1. The molecule has 0 saturated carbocycles. The van der Waals surface area contributed by atoms with Crippen molar-refractivity contribution < 1.29 is 4.74 Å². The van der Waals surface area contributed by atoms with E-state index in [1.807, 2.05) is 24.5 Å². The van der Waals surface area contributed by atoms with E-state index in [1.54, 1.807) is 19.5 Å². The molecule has 0 N–H and O–H groups in total. The van der Waals surface area contributed by atoms with Gasteiger partial charge in [-0.05, 0) is 24.3 Å². The maximum atomic E-state index is 5.62. The summed E-state index contributed by atoms with van der Waals surface area (Å²) in [7, 11) is 1.72. The average Bonchev–Trinajstić information content (AvgIpc) is 2.68. The third kappa shape index (κ3) is 2.60. The van der Waals surface area contributed by atoms with Crippen LogP contribution in [0.5, 0.6) is 5.75 Å². The fourth-order valence-electron chi connectivity index (χ4n) is 3.21. The first-order valence-corrected chi connectivity index (χ1v) is 8.04. The zero-order chi connectivity index (χ0) is 16.4.